The monoisotopic (exact) mass is 637 g/mol. The van der Waals surface area contributed by atoms with Gasteiger partial charge in [-0.1, -0.05) is 195 Å². The molecule has 8 rings (SSSR count). The molecule has 50 heavy (non-hydrogen) atoms. The van der Waals surface area contributed by atoms with Crippen molar-refractivity contribution >= 4 is 6.08 Å². The van der Waals surface area contributed by atoms with Crippen LogP contribution < -0.4 is 0 Å². The van der Waals surface area contributed by atoms with E-state index in [2.05, 4.69) is 189 Å². The van der Waals surface area contributed by atoms with Gasteiger partial charge in [-0.2, -0.15) is 0 Å². The third kappa shape index (κ3) is 6.58. The average Bonchev–Trinajstić information content (AvgIpc) is 3.21. The predicted octanol–water partition coefficient (Wildman–Crippen LogP) is 13.4. The second-order valence-electron chi connectivity index (χ2n) is 12.5. The first-order valence-electron chi connectivity index (χ1n) is 17.0. The molecule has 0 bridgehead atoms. The SMILES string of the molecule is C=Cc1ccc(-c2cc(-c3ccc(-c4ccc(-c5ccccc5)cc4)cc3)nc(-c3ccc(-c4ccc(-c5ccccc5)cc4)cc3)c2)cc1. The maximum Gasteiger partial charge on any atom is 0.0715 e. The second-order valence-corrected chi connectivity index (χ2v) is 12.5. The van der Waals surface area contributed by atoms with Crippen LogP contribution in [0.5, 0.6) is 0 Å². The second kappa shape index (κ2) is 13.9. The standard InChI is InChI=1S/C49H35N/c1-2-35-13-15-44(16-14-35)47-33-48(45-29-25-42(26-30-45)40-21-17-38(18-22-40)36-9-5-3-6-10-36)50-49(34-47)46-31-27-43(28-32-46)41-23-19-39(20-24-41)37-11-7-4-8-12-37/h2-34H,1H2. The van der Waals surface area contributed by atoms with Gasteiger partial charge in [0, 0.05) is 11.1 Å². The molecule has 236 valence electrons. The van der Waals surface area contributed by atoms with E-state index in [9.17, 15) is 0 Å². The van der Waals surface area contributed by atoms with Gasteiger partial charge in [0.1, 0.15) is 0 Å². The quantitative estimate of drug-likeness (QED) is 0.162. The maximum atomic E-state index is 5.21. The van der Waals surface area contributed by atoms with E-state index in [0.717, 1.165) is 39.2 Å². The van der Waals surface area contributed by atoms with Gasteiger partial charge in [-0.05, 0) is 73.3 Å². The summed E-state index contributed by atoms with van der Waals surface area (Å²) in [5.74, 6) is 0. The molecule has 0 aliphatic carbocycles. The van der Waals surface area contributed by atoms with E-state index < -0.39 is 0 Å². The fourth-order valence-corrected chi connectivity index (χ4v) is 6.44. The molecule has 0 saturated carbocycles. The smallest absolute Gasteiger partial charge is 0.0715 e. The van der Waals surface area contributed by atoms with Crippen LogP contribution in [0.3, 0.4) is 0 Å². The molecule has 0 fully saturated rings. The summed E-state index contributed by atoms with van der Waals surface area (Å²) in [5, 5.41) is 0. The average molecular weight is 638 g/mol. The molecule has 7 aromatic carbocycles. The largest absolute Gasteiger partial charge is 0.248 e. The lowest BCUT2D eigenvalue weighted by atomic mass is 9.96. The summed E-state index contributed by atoms with van der Waals surface area (Å²) in [6, 6.07) is 69.0. The molecule has 0 N–H and O–H groups in total. The van der Waals surface area contributed by atoms with Crippen LogP contribution >= 0.6 is 0 Å². The Kier molecular flexibility index (Phi) is 8.54. The predicted molar refractivity (Wildman–Crippen MR) is 212 cm³/mol. The number of rotatable bonds is 8. The van der Waals surface area contributed by atoms with Crippen molar-refractivity contribution in [2.75, 3.05) is 0 Å². The Hall–Kier alpha value is -6.57. The number of hydrogen-bond donors (Lipinski definition) is 0. The van der Waals surface area contributed by atoms with Gasteiger partial charge >= 0.3 is 0 Å². The van der Waals surface area contributed by atoms with Gasteiger partial charge in [-0.25, -0.2) is 4.98 Å². The minimum Gasteiger partial charge on any atom is -0.248 e. The molecule has 1 aromatic heterocycles. The van der Waals surface area contributed by atoms with Gasteiger partial charge in [0.05, 0.1) is 11.4 Å². The minimum atomic E-state index is 0.942. The molecule has 0 spiro atoms. The van der Waals surface area contributed by atoms with Crippen LogP contribution in [0.2, 0.25) is 0 Å². The van der Waals surface area contributed by atoms with E-state index in [0.29, 0.717) is 0 Å². The third-order valence-corrected chi connectivity index (χ3v) is 9.32. The van der Waals surface area contributed by atoms with Crippen molar-refractivity contribution in [1.82, 2.24) is 4.98 Å². The summed E-state index contributed by atoms with van der Waals surface area (Å²) in [6.45, 7) is 3.92. The normalized spacial score (nSPS) is 10.9. The highest BCUT2D eigenvalue weighted by molar-refractivity contribution is 5.80. The molecular weight excluding hydrogens is 603 g/mol. The molecule has 0 unspecified atom stereocenters. The summed E-state index contributed by atoms with van der Waals surface area (Å²) < 4.78 is 0. The maximum absolute atomic E-state index is 5.21. The summed E-state index contributed by atoms with van der Waals surface area (Å²) in [6.07, 6.45) is 1.88. The molecule has 0 aliphatic rings. The lowest BCUT2D eigenvalue weighted by molar-refractivity contribution is 1.32. The van der Waals surface area contributed by atoms with Crippen molar-refractivity contribution in [2.45, 2.75) is 0 Å². The Labute approximate surface area is 294 Å². The number of pyridine rings is 1. The molecule has 0 aliphatic heterocycles. The van der Waals surface area contributed by atoms with Gasteiger partial charge in [-0.3, -0.25) is 0 Å². The molecule has 0 atom stereocenters. The van der Waals surface area contributed by atoms with Crippen molar-refractivity contribution in [3.63, 3.8) is 0 Å². The molecule has 0 radical (unpaired) electrons. The Morgan fingerprint density at radius 2 is 0.540 bits per heavy atom. The van der Waals surface area contributed by atoms with Crippen LogP contribution in [0.25, 0.3) is 84.2 Å². The van der Waals surface area contributed by atoms with Crippen LogP contribution in [0.4, 0.5) is 0 Å². The lowest BCUT2D eigenvalue weighted by Gasteiger charge is -2.12. The summed E-state index contributed by atoms with van der Waals surface area (Å²) >= 11 is 0. The van der Waals surface area contributed by atoms with E-state index in [1.165, 1.54) is 44.5 Å². The van der Waals surface area contributed by atoms with Gasteiger partial charge in [0.15, 0.2) is 0 Å². The van der Waals surface area contributed by atoms with Crippen LogP contribution in [-0.2, 0) is 0 Å². The lowest BCUT2D eigenvalue weighted by Crippen LogP contribution is -1.92. The van der Waals surface area contributed by atoms with E-state index in [1.807, 2.05) is 18.2 Å². The zero-order valence-corrected chi connectivity index (χ0v) is 27.7. The Morgan fingerprint density at radius 1 is 0.280 bits per heavy atom. The van der Waals surface area contributed by atoms with E-state index in [-0.39, 0.29) is 0 Å². The number of benzene rings is 7. The molecule has 1 heteroatoms. The fraction of sp³-hybridized carbons (Fsp3) is 0. The van der Waals surface area contributed by atoms with E-state index in [4.69, 9.17) is 4.98 Å². The van der Waals surface area contributed by atoms with Crippen molar-refractivity contribution in [1.29, 1.82) is 0 Å². The van der Waals surface area contributed by atoms with Crippen molar-refractivity contribution < 1.29 is 0 Å². The minimum absolute atomic E-state index is 0.942. The molecule has 8 aromatic rings. The fourth-order valence-electron chi connectivity index (χ4n) is 6.44. The van der Waals surface area contributed by atoms with Gasteiger partial charge < -0.3 is 0 Å². The highest BCUT2D eigenvalue weighted by Crippen LogP contribution is 2.33. The number of aromatic nitrogens is 1. The van der Waals surface area contributed by atoms with Crippen LogP contribution in [0.1, 0.15) is 5.56 Å². The van der Waals surface area contributed by atoms with Crippen LogP contribution in [0, 0.1) is 0 Å². The Balaban J connectivity index is 1.10. The third-order valence-electron chi connectivity index (χ3n) is 9.32. The van der Waals surface area contributed by atoms with Crippen LogP contribution in [-0.4, -0.2) is 4.98 Å². The Bertz CT molecular complexity index is 2210. The zero-order chi connectivity index (χ0) is 33.7. The molecule has 0 amide bonds. The Morgan fingerprint density at radius 3 is 0.860 bits per heavy atom. The first kappa shape index (κ1) is 30.7. The molecule has 1 nitrogen and oxygen atoms in total. The molecular formula is C49H35N. The summed E-state index contributed by atoms with van der Waals surface area (Å²) in [4.78, 5) is 5.21. The number of hydrogen-bond acceptors (Lipinski definition) is 1. The first-order valence-corrected chi connectivity index (χ1v) is 17.0. The van der Waals surface area contributed by atoms with Gasteiger partial charge in [-0.15, -0.1) is 0 Å². The van der Waals surface area contributed by atoms with Gasteiger partial charge in [0.25, 0.3) is 0 Å². The first-order chi connectivity index (χ1) is 24.7. The van der Waals surface area contributed by atoms with Crippen LogP contribution in [0.15, 0.2) is 201 Å². The van der Waals surface area contributed by atoms with Gasteiger partial charge in [0.2, 0.25) is 0 Å². The van der Waals surface area contributed by atoms with Crippen molar-refractivity contribution in [3.05, 3.63) is 206 Å². The summed E-state index contributed by atoms with van der Waals surface area (Å²) in [7, 11) is 0. The topological polar surface area (TPSA) is 12.9 Å². The number of nitrogens with zero attached hydrogens (tertiary/aromatic N) is 1. The molecule has 1 heterocycles. The van der Waals surface area contributed by atoms with Crippen molar-refractivity contribution in [3.8, 4) is 78.1 Å². The highest BCUT2D eigenvalue weighted by atomic mass is 14.7. The molecule has 0 saturated heterocycles. The van der Waals surface area contributed by atoms with E-state index in [1.54, 1.807) is 0 Å². The zero-order valence-electron chi connectivity index (χ0n) is 27.7. The highest BCUT2D eigenvalue weighted by Gasteiger charge is 2.11. The van der Waals surface area contributed by atoms with Crippen molar-refractivity contribution in [2.24, 2.45) is 0 Å². The summed E-state index contributed by atoms with van der Waals surface area (Å²) in [5.41, 5.74) is 17.0. The van der Waals surface area contributed by atoms with E-state index >= 15 is 0 Å².